The summed E-state index contributed by atoms with van der Waals surface area (Å²) in [5.74, 6) is -3.57. The Morgan fingerprint density at radius 1 is 0.784 bits per heavy atom. The van der Waals surface area contributed by atoms with Crippen molar-refractivity contribution in [2.75, 3.05) is 0 Å². The Labute approximate surface area is 218 Å². The van der Waals surface area contributed by atoms with E-state index < -0.39 is 53.8 Å². The minimum absolute atomic E-state index is 0.00816. The summed E-state index contributed by atoms with van der Waals surface area (Å²) >= 11 is 0. The van der Waals surface area contributed by atoms with Crippen LogP contribution in [0.1, 0.15) is 58.9 Å². The highest BCUT2D eigenvalue weighted by Gasteiger charge is 2.31. The molecule has 37 heavy (non-hydrogen) atoms. The standard InChI is InChI=1S/C26H41N5O6/c1-15(2)12-19(29-23(33)18(27)10-11-22(28)32)24(34)30-20(13-16(3)4)25(35)31-21(26(36)37)14-17-8-6-5-7-9-17/h5-9,15-16,18-21H,10-14,27H2,1-4H3,(H2,28,32)(H,29,33)(H,30,34)(H,31,35)(H,36,37). The van der Waals surface area contributed by atoms with E-state index in [1.165, 1.54) is 0 Å². The molecular weight excluding hydrogens is 478 g/mol. The summed E-state index contributed by atoms with van der Waals surface area (Å²) in [4.78, 5) is 61.6. The van der Waals surface area contributed by atoms with Crippen molar-refractivity contribution in [2.24, 2.45) is 23.3 Å². The second-order valence-electron chi connectivity index (χ2n) is 10.1. The van der Waals surface area contributed by atoms with Crippen LogP contribution < -0.4 is 27.4 Å². The molecule has 0 aliphatic rings. The molecule has 0 aromatic heterocycles. The van der Waals surface area contributed by atoms with Gasteiger partial charge < -0.3 is 32.5 Å². The lowest BCUT2D eigenvalue weighted by Gasteiger charge is -2.27. The molecule has 0 bridgehead atoms. The van der Waals surface area contributed by atoms with Crippen LogP contribution >= 0.6 is 0 Å². The quantitative estimate of drug-likeness (QED) is 0.182. The molecule has 206 valence electrons. The van der Waals surface area contributed by atoms with E-state index in [2.05, 4.69) is 16.0 Å². The highest BCUT2D eigenvalue weighted by Crippen LogP contribution is 2.11. The van der Waals surface area contributed by atoms with E-state index in [1.807, 2.05) is 33.8 Å². The Morgan fingerprint density at radius 2 is 1.24 bits per heavy atom. The van der Waals surface area contributed by atoms with Crippen LogP contribution in [-0.2, 0) is 30.4 Å². The Bertz CT molecular complexity index is 921. The number of benzene rings is 1. The number of carbonyl (C=O) groups is 5. The lowest BCUT2D eigenvalue weighted by Crippen LogP contribution is -2.57. The normalized spacial score (nSPS) is 14.4. The van der Waals surface area contributed by atoms with Gasteiger partial charge in [0.25, 0.3) is 0 Å². The fourth-order valence-electron chi connectivity index (χ4n) is 3.71. The predicted molar refractivity (Wildman–Crippen MR) is 139 cm³/mol. The number of hydrogen-bond acceptors (Lipinski definition) is 6. The number of nitrogens with two attached hydrogens (primary N) is 2. The number of nitrogens with one attached hydrogen (secondary N) is 3. The lowest BCUT2D eigenvalue weighted by molar-refractivity contribution is -0.142. The van der Waals surface area contributed by atoms with Crippen LogP contribution in [0.4, 0.5) is 0 Å². The SMILES string of the molecule is CC(C)CC(NC(=O)C(N)CCC(N)=O)C(=O)NC(CC(C)C)C(=O)NC(Cc1ccccc1)C(=O)O. The molecule has 0 saturated heterocycles. The van der Waals surface area contributed by atoms with Crippen LogP contribution in [0.25, 0.3) is 0 Å². The molecule has 1 aromatic carbocycles. The van der Waals surface area contributed by atoms with Crippen LogP contribution in [0.5, 0.6) is 0 Å². The van der Waals surface area contributed by atoms with Gasteiger partial charge in [-0.05, 0) is 36.7 Å². The number of carboxylic acids is 1. The van der Waals surface area contributed by atoms with Crippen LogP contribution in [0.2, 0.25) is 0 Å². The molecule has 4 amide bonds. The Morgan fingerprint density at radius 3 is 1.68 bits per heavy atom. The molecule has 11 heteroatoms. The van der Waals surface area contributed by atoms with E-state index in [0.717, 1.165) is 5.56 Å². The Hall–Kier alpha value is -3.47. The number of amides is 4. The zero-order chi connectivity index (χ0) is 28.1. The first-order valence-electron chi connectivity index (χ1n) is 12.5. The zero-order valence-corrected chi connectivity index (χ0v) is 22.0. The molecule has 0 aliphatic heterocycles. The van der Waals surface area contributed by atoms with Crippen molar-refractivity contribution in [3.63, 3.8) is 0 Å². The molecule has 1 rings (SSSR count). The van der Waals surface area contributed by atoms with Crippen molar-refractivity contribution in [1.82, 2.24) is 16.0 Å². The molecule has 0 heterocycles. The van der Waals surface area contributed by atoms with Crippen LogP contribution in [0.3, 0.4) is 0 Å². The predicted octanol–water partition coefficient (Wildman–Crippen LogP) is 0.453. The largest absolute Gasteiger partial charge is 0.480 e. The average Bonchev–Trinajstić information content (AvgIpc) is 2.80. The van der Waals surface area contributed by atoms with E-state index >= 15 is 0 Å². The molecule has 1 aromatic rings. The van der Waals surface area contributed by atoms with Gasteiger partial charge in [-0.1, -0.05) is 58.0 Å². The van der Waals surface area contributed by atoms with Gasteiger partial charge in [-0.3, -0.25) is 19.2 Å². The van der Waals surface area contributed by atoms with Gasteiger partial charge in [0.05, 0.1) is 6.04 Å². The summed E-state index contributed by atoms with van der Waals surface area (Å²) in [6, 6.07) is 4.69. The number of rotatable bonds is 16. The van der Waals surface area contributed by atoms with E-state index in [4.69, 9.17) is 11.5 Å². The van der Waals surface area contributed by atoms with Gasteiger partial charge in [0.2, 0.25) is 23.6 Å². The first kappa shape index (κ1) is 31.6. The van der Waals surface area contributed by atoms with E-state index in [-0.39, 0.29) is 43.9 Å². The highest BCUT2D eigenvalue weighted by atomic mass is 16.4. The van der Waals surface area contributed by atoms with Crippen molar-refractivity contribution in [3.05, 3.63) is 35.9 Å². The number of aliphatic carboxylic acids is 1. The van der Waals surface area contributed by atoms with Crippen molar-refractivity contribution in [1.29, 1.82) is 0 Å². The van der Waals surface area contributed by atoms with Gasteiger partial charge in [-0.25, -0.2) is 4.79 Å². The third-order valence-electron chi connectivity index (χ3n) is 5.62. The fraction of sp³-hybridized carbons (Fsp3) is 0.577. The first-order valence-corrected chi connectivity index (χ1v) is 12.5. The maximum Gasteiger partial charge on any atom is 0.326 e. The summed E-state index contributed by atoms with van der Waals surface area (Å²) in [6.07, 6.45) is 0.588. The van der Waals surface area contributed by atoms with Crippen molar-refractivity contribution >= 4 is 29.6 Å². The Kier molecular flexibility index (Phi) is 13.3. The number of primary amides is 1. The molecule has 11 nitrogen and oxygen atoms in total. The lowest BCUT2D eigenvalue weighted by atomic mass is 9.99. The van der Waals surface area contributed by atoms with Crippen LogP contribution in [0.15, 0.2) is 30.3 Å². The second kappa shape index (κ2) is 15.6. The minimum Gasteiger partial charge on any atom is -0.480 e. The molecule has 8 N–H and O–H groups in total. The smallest absolute Gasteiger partial charge is 0.326 e. The van der Waals surface area contributed by atoms with Gasteiger partial charge in [0, 0.05) is 12.8 Å². The van der Waals surface area contributed by atoms with Crippen LogP contribution in [0, 0.1) is 11.8 Å². The molecule has 0 saturated carbocycles. The monoisotopic (exact) mass is 519 g/mol. The maximum atomic E-state index is 13.2. The highest BCUT2D eigenvalue weighted by molar-refractivity contribution is 5.94. The van der Waals surface area contributed by atoms with Gasteiger partial charge in [-0.2, -0.15) is 0 Å². The summed E-state index contributed by atoms with van der Waals surface area (Å²) in [5.41, 5.74) is 11.7. The van der Waals surface area contributed by atoms with Crippen molar-refractivity contribution < 1.29 is 29.1 Å². The molecule has 0 spiro atoms. The molecular formula is C26H41N5O6. The summed E-state index contributed by atoms with van der Waals surface area (Å²) in [7, 11) is 0. The average molecular weight is 520 g/mol. The molecule has 0 radical (unpaired) electrons. The summed E-state index contributed by atoms with van der Waals surface area (Å²) in [5, 5.41) is 17.5. The summed E-state index contributed by atoms with van der Waals surface area (Å²) in [6.45, 7) is 7.49. The third-order valence-corrected chi connectivity index (χ3v) is 5.62. The van der Waals surface area contributed by atoms with Gasteiger partial charge >= 0.3 is 5.97 Å². The van der Waals surface area contributed by atoms with E-state index in [1.54, 1.807) is 24.3 Å². The fourth-order valence-corrected chi connectivity index (χ4v) is 3.71. The molecule has 4 atom stereocenters. The second-order valence-corrected chi connectivity index (χ2v) is 10.1. The van der Waals surface area contributed by atoms with Crippen LogP contribution in [-0.4, -0.2) is 58.9 Å². The first-order chi connectivity index (χ1) is 17.3. The number of hydrogen-bond donors (Lipinski definition) is 6. The number of carboxylic acid groups (broad SMARTS) is 1. The topological polar surface area (TPSA) is 194 Å². The molecule has 0 aliphatic carbocycles. The number of carbonyl (C=O) groups excluding carboxylic acids is 4. The minimum atomic E-state index is -1.19. The third kappa shape index (κ3) is 12.4. The van der Waals surface area contributed by atoms with E-state index in [0.29, 0.717) is 0 Å². The van der Waals surface area contributed by atoms with Gasteiger partial charge in [-0.15, -0.1) is 0 Å². The molecule has 0 fully saturated rings. The van der Waals surface area contributed by atoms with Crippen molar-refractivity contribution in [3.8, 4) is 0 Å². The van der Waals surface area contributed by atoms with Gasteiger partial charge in [0.1, 0.15) is 18.1 Å². The zero-order valence-electron chi connectivity index (χ0n) is 22.0. The van der Waals surface area contributed by atoms with E-state index in [9.17, 15) is 29.1 Å². The van der Waals surface area contributed by atoms with Crippen molar-refractivity contribution in [2.45, 2.75) is 84.0 Å². The summed E-state index contributed by atoms with van der Waals surface area (Å²) < 4.78 is 0. The maximum absolute atomic E-state index is 13.2. The molecule has 4 unspecified atom stereocenters. The van der Waals surface area contributed by atoms with Gasteiger partial charge in [0.15, 0.2) is 0 Å². The Balaban J connectivity index is 2.98.